The van der Waals surface area contributed by atoms with Crippen molar-refractivity contribution in [3.8, 4) is 17.2 Å². The molecule has 0 aliphatic carbocycles. The first-order valence-corrected chi connectivity index (χ1v) is 11.5. The third-order valence-corrected chi connectivity index (χ3v) is 5.68. The van der Waals surface area contributed by atoms with E-state index in [2.05, 4.69) is 37.7 Å². The smallest absolute Gasteiger partial charge is 0.234 e. The van der Waals surface area contributed by atoms with Crippen LogP contribution in [0.4, 0.5) is 29.0 Å². The lowest BCUT2D eigenvalue weighted by molar-refractivity contribution is 0.324. The second kappa shape index (κ2) is 11.7. The summed E-state index contributed by atoms with van der Waals surface area (Å²) in [6.45, 7) is 0.667. The lowest BCUT2D eigenvalue weighted by Gasteiger charge is -2.19. The average Bonchev–Trinajstić information content (AvgIpc) is 2.95. The molecular formula is C27H29N7O3. The standard InChI is InChI=1S/C27H29N7O3/c1-34(21-10-11-22(19(12-21)15-28)29-16-18-8-6-5-7-9-18)27-31-17-30-26(33-27)32-20-13-23(35-2)25(37-4)24(14-20)36-3/h5-15,17,28-29H,16H2,1-4H3,(H,30,31,32,33). The van der Waals surface area contributed by atoms with Gasteiger partial charge in [0.25, 0.3) is 0 Å². The van der Waals surface area contributed by atoms with Crippen LogP contribution in [0.3, 0.4) is 0 Å². The Hall–Kier alpha value is -4.86. The first-order chi connectivity index (χ1) is 18.1. The van der Waals surface area contributed by atoms with Crippen LogP contribution in [-0.4, -0.2) is 49.5 Å². The topological polar surface area (TPSA) is 118 Å². The first-order valence-electron chi connectivity index (χ1n) is 11.5. The van der Waals surface area contributed by atoms with E-state index in [-0.39, 0.29) is 0 Å². The number of nitrogens with one attached hydrogen (secondary N) is 3. The van der Waals surface area contributed by atoms with Crippen molar-refractivity contribution in [2.24, 2.45) is 0 Å². The van der Waals surface area contributed by atoms with Gasteiger partial charge in [-0.25, -0.2) is 9.97 Å². The van der Waals surface area contributed by atoms with Crippen LogP contribution in [0.15, 0.2) is 67.0 Å². The Balaban J connectivity index is 1.53. The quantitative estimate of drug-likeness (QED) is 0.245. The Kier molecular flexibility index (Phi) is 7.99. The number of anilines is 5. The molecular weight excluding hydrogens is 470 g/mol. The lowest BCUT2D eigenvalue weighted by atomic mass is 10.1. The Labute approximate surface area is 215 Å². The molecule has 190 valence electrons. The van der Waals surface area contributed by atoms with Gasteiger partial charge in [0.1, 0.15) is 6.33 Å². The number of ether oxygens (including phenoxy) is 3. The molecule has 0 aliphatic heterocycles. The molecule has 0 unspecified atom stereocenters. The molecule has 1 aromatic heterocycles. The van der Waals surface area contributed by atoms with E-state index in [9.17, 15) is 0 Å². The molecule has 10 nitrogen and oxygen atoms in total. The molecule has 37 heavy (non-hydrogen) atoms. The maximum atomic E-state index is 7.90. The summed E-state index contributed by atoms with van der Waals surface area (Å²) < 4.78 is 16.2. The molecule has 0 spiro atoms. The molecule has 10 heteroatoms. The van der Waals surface area contributed by atoms with Gasteiger partial charge in [0, 0.05) is 54.6 Å². The summed E-state index contributed by atoms with van der Waals surface area (Å²) in [4.78, 5) is 15.0. The number of rotatable bonds is 11. The van der Waals surface area contributed by atoms with Crippen LogP contribution < -0.4 is 29.7 Å². The van der Waals surface area contributed by atoms with Gasteiger partial charge < -0.3 is 35.2 Å². The Morgan fingerprint density at radius 1 is 0.919 bits per heavy atom. The van der Waals surface area contributed by atoms with Crippen molar-refractivity contribution in [3.63, 3.8) is 0 Å². The highest BCUT2D eigenvalue weighted by Gasteiger charge is 2.15. The summed E-state index contributed by atoms with van der Waals surface area (Å²) in [6.07, 6.45) is 2.77. The largest absolute Gasteiger partial charge is 0.493 e. The fraction of sp³-hybridized carbons (Fsp3) is 0.185. The maximum Gasteiger partial charge on any atom is 0.234 e. The van der Waals surface area contributed by atoms with Gasteiger partial charge in [-0.2, -0.15) is 4.98 Å². The number of nitrogens with zero attached hydrogens (tertiary/aromatic N) is 4. The Bertz CT molecular complexity index is 1340. The highest BCUT2D eigenvalue weighted by Crippen LogP contribution is 2.40. The molecule has 4 aromatic rings. The summed E-state index contributed by atoms with van der Waals surface area (Å²) >= 11 is 0. The summed E-state index contributed by atoms with van der Waals surface area (Å²) in [5.74, 6) is 2.30. The molecule has 4 rings (SSSR count). The number of hydrogen-bond donors (Lipinski definition) is 3. The van der Waals surface area contributed by atoms with Gasteiger partial charge in [0.2, 0.25) is 17.6 Å². The summed E-state index contributed by atoms with van der Waals surface area (Å²) in [5, 5.41) is 14.5. The zero-order valence-corrected chi connectivity index (χ0v) is 21.1. The molecule has 0 bridgehead atoms. The normalized spacial score (nSPS) is 10.4. The van der Waals surface area contributed by atoms with Crippen molar-refractivity contribution in [1.29, 1.82) is 5.41 Å². The van der Waals surface area contributed by atoms with Gasteiger partial charge in [-0.1, -0.05) is 30.3 Å². The molecule has 0 aliphatic rings. The Morgan fingerprint density at radius 2 is 1.65 bits per heavy atom. The number of benzene rings is 3. The molecule has 1 heterocycles. The van der Waals surface area contributed by atoms with E-state index in [4.69, 9.17) is 19.6 Å². The fourth-order valence-electron chi connectivity index (χ4n) is 3.74. The number of methoxy groups -OCH3 is 3. The molecule has 0 atom stereocenters. The van der Waals surface area contributed by atoms with E-state index in [1.165, 1.54) is 12.5 Å². The molecule has 0 radical (unpaired) electrons. The fourth-order valence-corrected chi connectivity index (χ4v) is 3.74. The maximum absolute atomic E-state index is 7.90. The number of aromatic nitrogens is 3. The van der Waals surface area contributed by atoms with Crippen molar-refractivity contribution in [2.45, 2.75) is 6.54 Å². The van der Waals surface area contributed by atoms with Crippen molar-refractivity contribution in [2.75, 3.05) is 43.9 Å². The SMILES string of the molecule is COc1cc(Nc2ncnc(N(C)c3ccc(NCc4ccccc4)c(C=N)c3)n2)cc(OC)c1OC. The average molecular weight is 500 g/mol. The summed E-state index contributed by atoms with van der Waals surface area (Å²) in [6, 6.07) is 19.5. The predicted octanol–water partition coefficient (Wildman–Crippen LogP) is 5.02. The number of hydrogen-bond acceptors (Lipinski definition) is 10. The minimum Gasteiger partial charge on any atom is -0.493 e. The minimum atomic E-state index is 0.347. The van der Waals surface area contributed by atoms with Crippen LogP contribution in [0.1, 0.15) is 11.1 Å². The van der Waals surface area contributed by atoms with Crippen LogP contribution >= 0.6 is 0 Å². The highest BCUT2D eigenvalue weighted by atomic mass is 16.5. The molecule has 0 amide bonds. The van der Waals surface area contributed by atoms with Crippen LogP contribution in [-0.2, 0) is 6.54 Å². The highest BCUT2D eigenvalue weighted by molar-refractivity contribution is 5.88. The summed E-state index contributed by atoms with van der Waals surface area (Å²) in [7, 11) is 6.53. The predicted molar refractivity (Wildman–Crippen MR) is 145 cm³/mol. The minimum absolute atomic E-state index is 0.347. The van der Waals surface area contributed by atoms with Gasteiger partial charge in [-0.3, -0.25) is 0 Å². The third kappa shape index (κ3) is 5.87. The van der Waals surface area contributed by atoms with Gasteiger partial charge in [0.05, 0.1) is 21.3 Å². The molecule has 0 saturated carbocycles. The van der Waals surface area contributed by atoms with E-state index in [0.717, 1.165) is 22.5 Å². The monoisotopic (exact) mass is 499 g/mol. The van der Waals surface area contributed by atoms with Gasteiger partial charge in [-0.15, -0.1) is 0 Å². The second-order valence-corrected chi connectivity index (χ2v) is 7.96. The van der Waals surface area contributed by atoms with Crippen molar-refractivity contribution >= 4 is 35.2 Å². The summed E-state index contributed by atoms with van der Waals surface area (Å²) in [5.41, 5.74) is 4.28. The molecule has 3 N–H and O–H groups in total. The van der Waals surface area contributed by atoms with E-state index in [1.54, 1.807) is 33.5 Å². The molecule has 0 saturated heterocycles. The van der Waals surface area contributed by atoms with Crippen LogP contribution in [0, 0.1) is 5.41 Å². The van der Waals surface area contributed by atoms with E-state index < -0.39 is 0 Å². The van der Waals surface area contributed by atoms with E-state index in [0.29, 0.717) is 41.4 Å². The molecule has 0 fully saturated rings. The lowest BCUT2D eigenvalue weighted by Crippen LogP contribution is -2.15. The second-order valence-electron chi connectivity index (χ2n) is 7.96. The van der Waals surface area contributed by atoms with E-state index >= 15 is 0 Å². The zero-order valence-electron chi connectivity index (χ0n) is 21.1. The first kappa shape index (κ1) is 25.2. The molecule has 3 aromatic carbocycles. The van der Waals surface area contributed by atoms with E-state index in [1.807, 2.05) is 48.3 Å². The van der Waals surface area contributed by atoms with Crippen molar-refractivity contribution < 1.29 is 14.2 Å². The van der Waals surface area contributed by atoms with Crippen LogP contribution in [0.2, 0.25) is 0 Å². The van der Waals surface area contributed by atoms with Gasteiger partial charge in [-0.05, 0) is 23.8 Å². The van der Waals surface area contributed by atoms with Gasteiger partial charge >= 0.3 is 0 Å². The van der Waals surface area contributed by atoms with Crippen molar-refractivity contribution in [1.82, 2.24) is 15.0 Å². The Morgan fingerprint density at radius 3 is 2.30 bits per heavy atom. The van der Waals surface area contributed by atoms with Crippen molar-refractivity contribution in [3.05, 3.63) is 78.1 Å². The van der Waals surface area contributed by atoms with Crippen LogP contribution in [0.25, 0.3) is 0 Å². The van der Waals surface area contributed by atoms with Crippen LogP contribution in [0.5, 0.6) is 17.2 Å². The van der Waals surface area contributed by atoms with Gasteiger partial charge in [0.15, 0.2) is 11.5 Å². The third-order valence-electron chi connectivity index (χ3n) is 5.68. The zero-order chi connectivity index (χ0) is 26.2.